The maximum absolute atomic E-state index is 11.7. The van der Waals surface area contributed by atoms with Gasteiger partial charge in [0.1, 0.15) is 0 Å². The zero-order chi connectivity index (χ0) is 11.8. The first-order valence-electron chi connectivity index (χ1n) is 5.98. The zero-order valence-electron chi connectivity index (χ0n) is 9.85. The summed E-state index contributed by atoms with van der Waals surface area (Å²) in [5, 5.41) is 0. The van der Waals surface area contributed by atoms with E-state index in [1.54, 1.807) is 11.8 Å². The van der Waals surface area contributed by atoms with Crippen molar-refractivity contribution in [3.8, 4) is 0 Å². The van der Waals surface area contributed by atoms with E-state index in [1.807, 2.05) is 11.0 Å². The fourth-order valence-corrected chi connectivity index (χ4v) is 3.67. The quantitative estimate of drug-likeness (QED) is 0.798. The van der Waals surface area contributed by atoms with Crippen molar-refractivity contribution in [3.63, 3.8) is 0 Å². The summed E-state index contributed by atoms with van der Waals surface area (Å²) < 4.78 is 0. The molecule has 88 valence electrons. The van der Waals surface area contributed by atoms with Gasteiger partial charge < -0.3 is 4.90 Å². The lowest BCUT2D eigenvalue weighted by molar-refractivity contribution is -0.127. The van der Waals surface area contributed by atoms with Gasteiger partial charge in [0, 0.05) is 16.2 Å². The van der Waals surface area contributed by atoms with Gasteiger partial charge in [-0.2, -0.15) is 0 Å². The third-order valence-corrected chi connectivity index (χ3v) is 4.77. The molecule has 0 saturated carbocycles. The number of nitrogens with zero attached hydrogens (tertiary/aromatic N) is 1. The number of hydrogen-bond acceptors (Lipinski definition) is 2. The SMILES string of the molecule is CC1=C(Sc2ccccc2)CN2C(=O)CCC12. The maximum Gasteiger partial charge on any atom is 0.223 e. The number of benzene rings is 1. The molecule has 1 fully saturated rings. The van der Waals surface area contributed by atoms with E-state index in [1.165, 1.54) is 15.4 Å². The number of amides is 1. The summed E-state index contributed by atoms with van der Waals surface area (Å²) >= 11 is 1.80. The van der Waals surface area contributed by atoms with Gasteiger partial charge in [0.2, 0.25) is 5.91 Å². The number of thioether (sulfide) groups is 1. The molecular formula is C14H15NOS. The van der Waals surface area contributed by atoms with Crippen LogP contribution in [-0.2, 0) is 4.79 Å². The van der Waals surface area contributed by atoms with Crippen LogP contribution in [0, 0.1) is 0 Å². The highest BCUT2D eigenvalue weighted by Crippen LogP contribution is 2.40. The first-order valence-corrected chi connectivity index (χ1v) is 6.79. The van der Waals surface area contributed by atoms with E-state index in [4.69, 9.17) is 0 Å². The van der Waals surface area contributed by atoms with Crippen LogP contribution < -0.4 is 0 Å². The summed E-state index contributed by atoms with van der Waals surface area (Å²) in [4.78, 5) is 16.3. The van der Waals surface area contributed by atoms with E-state index in [9.17, 15) is 4.79 Å². The molecule has 0 aliphatic carbocycles. The van der Waals surface area contributed by atoms with E-state index in [-0.39, 0.29) is 0 Å². The molecule has 2 aliphatic heterocycles. The molecule has 0 spiro atoms. The number of carbonyl (C=O) groups excluding carboxylic acids is 1. The Labute approximate surface area is 106 Å². The van der Waals surface area contributed by atoms with Crippen molar-refractivity contribution < 1.29 is 4.79 Å². The van der Waals surface area contributed by atoms with Crippen LogP contribution >= 0.6 is 11.8 Å². The molecule has 2 nitrogen and oxygen atoms in total. The highest BCUT2D eigenvalue weighted by Gasteiger charge is 2.38. The van der Waals surface area contributed by atoms with Crippen LogP contribution in [0.25, 0.3) is 0 Å². The molecular weight excluding hydrogens is 230 g/mol. The Morgan fingerprint density at radius 2 is 2.06 bits per heavy atom. The third-order valence-electron chi connectivity index (χ3n) is 3.57. The first-order chi connectivity index (χ1) is 8.25. The molecule has 17 heavy (non-hydrogen) atoms. The van der Waals surface area contributed by atoms with Crippen molar-refractivity contribution in [2.75, 3.05) is 6.54 Å². The molecule has 2 aliphatic rings. The summed E-state index contributed by atoms with van der Waals surface area (Å²) in [6, 6.07) is 10.8. The number of rotatable bonds is 2. The predicted molar refractivity (Wildman–Crippen MR) is 69.7 cm³/mol. The van der Waals surface area contributed by atoms with Gasteiger partial charge >= 0.3 is 0 Å². The van der Waals surface area contributed by atoms with Gasteiger partial charge in [-0.05, 0) is 31.1 Å². The van der Waals surface area contributed by atoms with Gasteiger partial charge in [0.25, 0.3) is 0 Å². The minimum absolute atomic E-state index is 0.318. The van der Waals surface area contributed by atoms with Gasteiger partial charge in [-0.25, -0.2) is 0 Å². The molecule has 1 atom stereocenters. The lowest BCUT2D eigenvalue weighted by Crippen LogP contribution is -2.28. The molecule has 0 aromatic heterocycles. The van der Waals surface area contributed by atoms with Crippen molar-refractivity contribution >= 4 is 17.7 Å². The van der Waals surface area contributed by atoms with E-state index in [2.05, 4.69) is 31.2 Å². The normalized spacial score (nSPS) is 23.5. The minimum Gasteiger partial charge on any atom is -0.331 e. The van der Waals surface area contributed by atoms with Crippen LogP contribution in [0.5, 0.6) is 0 Å². The van der Waals surface area contributed by atoms with E-state index in [0.717, 1.165) is 19.4 Å². The predicted octanol–water partition coefficient (Wildman–Crippen LogP) is 3.06. The number of hydrogen-bond donors (Lipinski definition) is 0. The van der Waals surface area contributed by atoms with Crippen molar-refractivity contribution in [2.24, 2.45) is 0 Å². The summed E-state index contributed by atoms with van der Waals surface area (Å²) in [6.07, 6.45) is 1.73. The third kappa shape index (κ3) is 1.89. The van der Waals surface area contributed by atoms with Crippen LogP contribution in [0.15, 0.2) is 45.7 Å². The second-order valence-electron chi connectivity index (χ2n) is 4.60. The molecule has 1 amide bonds. The lowest BCUT2D eigenvalue weighted by atomic mass is 10.1. The van der Waals surface area contributed by atoms with E-state index in [0.29, 0.717) is 11.9 Å². The Balaban J connectivity index is 1.81. The van der Waals surface area contributed by atoms with Gasteiger partial charge in [0.15, 0.2) is 0 Å². The summed E-state index contributed by atoms with van der Waals surface area (Å²) in [6.45, 7) is 2.99. The molecule has 0 N–H and O–H groups in total. The topological polar surface area (TPSA) is 20.3 Å². The molecule has 0 radical (unpaired) electrons. The lowest BCUT2D eigenvalue weighted by Gasteiger charge is -2.16. The standard InChI is InChI=1S/C14H15NOS/c1-10-12-7-8-14(16)15(12)9-13(10)17-11-5-3-2-4-6-11/h2-6,12H,7-9H2,1H3. The van der Waals surface area contributed by atoms with Crippen LogP contribution in [-0.4, -0.2) is 23.4 Å². The first kappa shape index (κ1) is 10.9. The van der Waals surface area contributed by atoms with Crippen LogP contribution in [0.1, 0.15) is 19.8 Å². The Bertz CT molecular complexity index is 480. The minimum atomic E-state index is 0.318. The van der Waals surface area contributed by atoms with Crippen LogP contribution in [0.4, 0.5) is 0 Å². The summed E-state index contributed by atoms with van der Waals surface area (Å²) in [5.41, 5.74) is 1.39. The van der Waals surface area contributed by atoms with Crippen LogP contribution in [0.3, 0.4) is 0 Å². The average Bonchev–Trinajstić information content (AvgIpc) is 2.84. The molecule has 1 saturated heterocycles. The van der Waals surface area contributed by atoms with Gasteiger partial charge in [-0.3, -0.25) is 4.79 Å². The molecule has 1 unspecified atom stereocenters. The van der Waals surface area contributed by atoms with Gasteiger partial charge in [0.05, 0.1) is 12.6 Å². The molecule has 2 heterocycles. The van der Waals surface area contributed by atoms with E-state index >= 15 is 0 Å². The monoisotopic (exact) mass is 245 g/mol. The zero-order valence-corrected chi connectivity index (χ0v) is 10.7. The van der Waals surface area contributed by atoms with E-state index < -0.39 is 0 Å². The second-order valence-corrected chi connectivity index (χ2v) is 5.77. The fraction of sp³-hybridized carbons (Fsp3) is 0.357. The Morgan fingerprint density at radius 1 is 1.29 bits per heavy atom. The average molecular weight is 245 g/mol. The summed E-state index contributed by atoms with van der Waals surface area (Å²) in [7, 11) is 0. The Morgan fingerprint density at radius 3 is 2.76 bits per heavy atom. The smallest absolute Gasteiger partial charge is 0.223 e. The van der Waals surface area contributed by atoms with Gasteiger partial charge in [-0.15, -0.1) is 0 Å². The van der Waals surface area contributed by atoms with Crippen molar-refractivity contribution in [1.82, 2.24) is 4.90 Å². The Kier molecular flexibility index (Phi) is 2.71. The molecule has 3 heteroatoms. The molecule has 0 bridgehead atoms. The van der Waals surface area contributed by atoms with Crippen molar-refractivity contribution in [2.45, 2.75) is 30.7 Å². The molecule has 1 aromatic carbocycles. The van der Waals surface area contributed by atoms with Gasteiger partial charge in [-0.1, -0.05) is 30.0 Å². The number of fused-ring (bicyclic) bond motifs is 1. The largest absolute Gasteiger partial charge is 0.331 e. The van der Waals surface area contributed by atoms with Crippen molar-refractivity contribution in [3.05, 3.63) is 40.8 Å². The second kappa shape index (κ2) is 4.22. The number of carbonyl (C=O) groups is 1. The Hall–Kier alpha value is -1.22. The summed E-state index contributed by atoms with van der Waals surface area (Å²) in [5.74, 6) is 0.318. The highest BCUT2D eigenvalue weighted by atomic mass is 32.2. The fourth-order valence-electron chi connectivity index (χ4n) is 2.59. The maximum atomic E-state index is 11.7. The van der Waals surface area contributed by atoms with Crippen molar-refractivity contribution in [1.29, 1.82) is 0 Å². The molecule has 1 aromatic rings. The highest BCUT2D eigenvalue weighted by molar-refractivity contribution is 8.03. The molecule has 3 rings (SSSR count). The van der Waals surface area contributed by atoms with Crippen LogP contribution in [0.2, 0.25) is 0 Å².